The lowest BCUT2D eigenvalue weighted by Crippen LogP contribution is -2.20. The molecule has 5 heteroatoms. The first-order chi connectivity index (χ1) is 9.95. The molecule has 0 saturated heterocycles. The largest absolute Gasteiger partial charge is 0.506 e. The van der Waals surface area contributed by atoms with Gasteiger partial charge in [0.25, 0.3) is 5.91 Å². The number of rotatable bonds is 4. The van der Waals surface area contributed by atoms with E-state index in [0.717, 1.165) is 5.56 Å². The van der Waals surface area contributed by atoms with Gasteiger partial charge in [-0.1, -0.05) is 17.7 Å². The van der Waals surface area contributed by atoms with E-state index in [9.17, 15) is 9.90 Å². The molecule has 21 heavy (non-hydrogen) atoms. The predicted molar refractivity (Wildman–Crippen MR) is 85.8 cm³/mol. The van der Waals surface area contributed by atoms with Crippen LogP contribution in [0.5, 0.6) is 11.5 Å². The molecule has 0 aromatic heterocycles. The number of phenols is 1. The summed E-state index contributed by atoms with van der Waals surface area (Å²) in [5, 5.41) is 12.4. The molecule has 2 aromatic rings. The number of hydrogen-bond donors (Lipinski definition) is 2. The van der Waals surface area contributed by atoms with E-state index in [1.54, 1.807) is 19.1 Å². The zero-order chi connectivity index (χ0) is 15.4. The molecule has 2 aromatic carbocycles. The first-order valence-corrected chi connectivity index (χ1v) is 7.23. The van der Waals surface area contributed by atoms with E-state index in [4.69, 9.17) is 4.74 Å². The smallest absolute Gasteiger partial charge is 0.262 e. The van der Waals surface area contributed by atoms with Gasteiger partial charge in [-0.3, -0.25) is 4.79 Å². The maximum absolute atomic E-state index is 11.8. The van der Waals surface area contributed by atoms with Crippen molar-refractivity contribution in [2.45, 2.75) is 13.8 Å². The minimum absolute atomic E-state index is 0.0688. The number of nitrogens with one attached hydrogen (secondary N) is 1. The third-order valence-corrected chi connectivity index (χ3v) is 3.53. The number of aromatic hydroxyl groups is 1. The highest BCUT2D eigenvalue weighted by Crippen LogP contribution is 2.30. The van der Waals surface area contributed by atoms with Crippen LogP contribution in [0.3, 0.4) is 0 Å². The van der Waals surface area contributed by atoms with E-state index in [-0.39, 0.29) is 18.3 Å². The van der Waals surface area contributed by atoms with Crippen LogP contribution in [-0.4, -0.2) is 17.6 Å². The fourth-order valence-electron chi connectivity index (χ4n) is 1.79. The Morgan fingerprint density at radius 2 is 1.90 bits per heavy atom. The van der Waals surface area contributed by atoms with E-state index < -0.39 is 0 Å². The molecule has 0 fully saturated rings. The molecule has 0 radical (unpaired) electrons. The molecule has 0 aliphatic heterocycles. The number of ether oxygens (including phenoxy) is 1. The van der Waals surface area contributed by atoms with Crippen LogP contribution in [0.2, 0.25) is 0 Å². The number of benzene rings is 2. The summed E-state index contributed by atoms with van der Waals surface area (Å²) in [5.74, 6) is 0.565. The van der Waals surface area contributed by atoms with Crippen LogP contribution in [0.25, 0.3) is 0 Å². The number of phenolic OH excluding ortho intramolecular Hbond substituents is 1. The summed E-state index contributed by atoms with van der Waals surface area (Å²) in [7, 11) is 0. The van der Waals surface area contributed by atoms with Crippen LogP contribution >= 0.6 is 15.9 Å². The predicted octanol–water partition coefficient (Wildman–Crippen LogP) is 3.79. The van der Waals surface area contributed by atoms with Crippen LogP contribution in [0.4, 0.5) is 5.69 Å². The Balaban J connectivity index is 1.94. The van der Waals surface area contributed by atoms with Gasteiger partial charge in [-0.2, -0.15) is 0 Å². The van der Waals surface area contributed by atoms with Gasteiger partial charge < -0.3 is 15.2 Å². The molecule has 2 rings (SSSR count). The Bertz CT molecular complexity index is 630. The number of carbonyl (C=O) groups excluding carboxylic acids is 1. The van der Waals surface area contributed by atoms with E-state index in [0.29, 0.717) is 21.5 Å². The van der Waals surface area contributed by atoms with Crippen LogP contribution < -0.4 is 10.1 Å². The van der Waals surface area contributed by atoms with E-state index in [1.807, 2.05) is 31.2 Å². The highest BCUT2D eigenvalue weighted by atomic mass is 79.9. The van der Waals surface area contributed by atoms with Crippen molar-refractivity contribution in [1.82, 2.24) is 0 Å². The first kappa shape index (κ1) is 15.4. The van der Waals surface area contributed by atoms with Crippen LogP contribution in [0, 0.1) is 13.8 Å². The van der Waals surface area contributed by atoms with Gasteiger partial charge in [0.2, 0.25) is 0 Å². The Labute approximate surface area is 131 Å². The van der Waals surface area contributed by atoms with Crippen molar-refractivity contribution in [3.63, 3.8) is 0 Å². The highest BCUT2D eigenvalue weighted by molar-refractivity contribution is 9.10. The van der Waals surface area contributed by atoms with Gasteiger partial charge in [0, 0.05) is 5.69 Å². The topological polar surface area (TPSA) is 58.6 Å². The molecular formula is C16H16BrNO3. The minimum Gasteiger partial charge on any atom is -0.506 e. The van der Waals surface area contributed by atoms with Gasteiger partial charge in [-0.05, 0) is 59.6 Å². The number of hydrogen-bond acceptors (Lipinski definition) is 3. The van der Waals surface area contributed by atoms with Crippen LogP contribution in [-0.2, 0) is 4.79 Å². The molecule has 110 valence electrons. The van der Waals surface area contributed by atoms with Crippen LogP contribution in [0.15, 0.2) is 40.9 Å². The summed E-state index contributed by atoms with van der Waals surface area (Å²) in [5.41, 5.74) is 2.42. The van der Waals surface area contributed by atoms with E-state index in [1.165, 1.54) is 0 Å². The van der Waals surface area contributed by atoms with Gasteiger partial charge in [0.1, 0.15) is 11.5 Å². The highest BCUT2D eigenvalue weighted by Gasteiger charge is 2.08. The van der Waals surface area contributed by atoms with Gasteiger partial charge in [-0.15, -0.1) is 0 Å². The number of aryl methyl sites for hydroxylation is 2. The van der Waals surface area contributed by atoms with E-state index >= 15 is 0 Å². The molecule has 0 aliphatic rings. The Kier molecular flexibility index (Phi) is 4.85. The van der Waals surface area contributed by atoms with Gasteiger partial charge in [-0.25, -0.2) is 0 Å². The molecule has 0 saturated carbocycles. The average Bonchev–Trinajstić information content (AvgIpc) is 2.44. The Morgan fingerprint density at radius 1 is 1.24 bits per heavy atom. The fraction of sp³-hybridized carbons (Fsp3) is 0.188. The SMILES string of the molecule is Cc1ccc(OCC(=O)Nc2cc(C)c(O)c(Br)c2)cc1. The molecule has 4 nitrogen and oxygen atoms in total. The molecule has 0 aliphatic carbocycles. The van der Waals surface area contributed by atoms with Crippen LogP contribution in [0.1, 0.15) is 11.1 Å². The van der Waals surface area contributed by atoms with Gasteiger partial charge >= 0.3 is 0 Å². The third kappa shape index (κ3) is 4.23. The van der Waals surface area contributed by atoms with Crippen molar-refractivity contribution in [3.8, 4) is 11.5 Å². The monoisotopic (exact) mass is 349 g/mol. The molecule has 0 spiro atoms. The second-order valence-electron chi connectivity index (χ2n) is 4.77. The molecule has 0 bridgehead atoms. The normalized spacial score (nSPS) is 10.2. The van der Waals surface area contributed by atoms with Crippen molar-refractivity contribution >= 4 is 27.5 Å². The summed E-state index contributed by atoms with van der Waals surface area (Å²) in [4.78, 5) is 11.8. The molecule has 0 heterocycles. The lowest BCUT2D eigenvalue weighted by atomic mass is 10.2. The van der Waals surface area contributed by atoms with Crippen molar-refractivity contribution in [3.05, 3.63) is 52.0 Å². The zero-order valence-corrected chi connectivity index (χ0v) is 13.4. The summed E-state index contributed by atoms with van der Waals surface area (Å²) in [6.07, 6.45) is 0. The number of halogens is 1. The number of carbonyl (C=O) groups is 1. The summed E-state index contributed by atoms with van der Waals surface area (Å²) < 4.78 is 5.95. The number of anilines is 1. The second-order valence-corrected chi connectivity index (χ2v) is 5.63. The fourth-order valence-corrected chi connectivity index (χ4v) is 2.35. The number of amides is 1. The zero-order valence-electron chi connectivity index (χ0n) is 11.8. The van der Waals surface area contributed by atoms with Crippen molar-refractivity contribution in [2.24, 2.45) is 0 Å². The standard InChI is InChI=1S/C16H16BrNO3/c1-10-3-5-13(6-4-10)21-9-15(19)18-12-7-11(2)16(20)14(17)8-12/h3-8,20H,9H2,1-2H3,(H,18,19). The Hall–Kier alpha value is -2.01. The third-order valence-electron chi connectivity index (χ3n) is 2.93. The molecule has 2 N–H and O–H groups in total. The summed E-state index contributed by atoms with van der Waals surface area (Å²) >= 11 is 3.24. The average molecular weight is 350 g/mol. The molecular weight excluding hydrogens is 334 g/mol. The van der Waals surface area contributed by atoms with Gasteiger partial charge in [0.05, 0.1) is 4.47 Å². The van der Waals surface area contributed by atoms with Crippen molar-refractivity contribution < 1.29 is 14.6 Å². The van der Waals surface area contributed by atoms with Gasteiger partial charge in [0.15, 0.2) is 6.61 Å². The van der Waals surface area contributed by atoms with Crippen molar-refractivity contribution in [2.75, 3.05) is 11.9 Å². The van der Waals surface area contributed by atoms with Crippen molar-refractivity contribution in [1.29, 1.82) is 0 Å². The molecule has 0 unspecified atom stereocenters. The second kappa shape index (κ2) is 6.63. The minimum atomic E-state index is -0.257. The lowest BCUT2D eigenvalue weighted by molar-refractivity contribution is -0.118. The molecule has 1 amide bonds. The maximum Gasteiger partial charge on any atom is 0.262 e. The lowest BCUT2D eigenvalue weighted by Gasteiger charge is -2.10. The molecule has 0 atom stereocenters. The summed E-state index contributed by atoms with van der Waals surface area (Å²) in [6.45, 7) is 3.68. The quantitative estimate of drug-likeness (QED) is 0.825. The van der Waals surface area contributed by atoms with E-state index in [2.05, 4.69) is 21.2 Å². The Morgan fingerprint density at radius 3 is 2.52 bits per heavy atom. The first-order valence-electron chi connectivity index (χ1n) is 6.44. The summed E-state index contributed by atoms with van der Waals surface area (Å²) in [6, 6.07) is 10.8. The maximum atomic E-state index is 11.8.